The SMILES string of the molecule is CCC(=O)Nc1ccc(N2C(=S)NC(c3ccccn3)C2c2ccc(-c3ccc(Cl)c(Cl)c3)o2)cc1OC. The van der Waals surface area contributed by atoms with Gasteiger partial charge in [0.05, 0.1) is 34.6 Å². The molecule has 0 radical (unpaired) electrons. The Kier molecular flexibility index (Phi) is 7.56. The van der Waals surface area contributed by atoms with E-state index in [-0.39, 0.29) is 18.0 Å². The van der Waals surface area contributed by atoms with Crippen LogP contribution in [0.15, 0.2) is 77.3 Å². The third-order valence-electron chi connectivity index (χ3n) is 6.28. The van der Waals surface area contributed by atoms with Gasteiger partial charge in [-0.25, -0.2) is 0 Å². The molecule has 3 heterocycles. The highest BCUT2D eigenvalue weighted by molar-refractivity contribution is 7.80. The fraction of sp³-hybridized carbons (Fsp3) is 0.179. The number of nitrogens with one attached hydrogen (secondary N) is 2. The first kappa shape index (κ1) is 26.0. The summed E-state index contributed by atoms with van der Waals surface area (Å²) in [5.41, 5.74) is 2.97. The number of thiocarbonyl (C=S) groups is 1. The van der Waals surface area contributed by atoms with E-state index in [0.717, 1.165) is 16.9 Å². The van der Waals surface area contributed by atoms with Gasteiger partial charge in [-0.1, -0.05) is 36.2 Å². The second-order valence-corrected chi connectivity index (χ2v) is 9.81. The molecule has 194 valence electrons. The summed E-state index contributed by atoms with van der Waals surface area (Å²) in [6.07, 6.45) is 2.11. The molecule has 10 heteroatoms. The minimum Gasteiger partial charge on any atom is -0.494 e. The summed E-state index contributed by atoms with van der Waals surface area (Å²) in [4.78, 5) is 18.5. The molecule has 1 aliphatic rings. The molecule has 2 atom stereocenters. The molecule has 0 aliphatic carbocycles. The van der Waals surface area contributed by atoms with Gasteiger partial charge in [0.1, 0.15) is 23.3 Å². The predicted octanol–water partition coefficient (Wildman–Crippen LogP) is 7.18. The van der Waals surface area contributed by atoms with E-state index >= 15 is 0 Å². The Hall–Kier alpha value is -3.59. The van der Waals surface area contributed by atoms with Crippen LogP contribution in [0.1, 0.15) is 36.9 Å². The first-order valence-corrected chi connectivity index (χ1v) is 13.1. The molecular formula is C28H24Cl2N4O3S. The van der Waals surface area contributed by atoms with Crippen LogP contribution in [0.3, 0.4) is 0 Å². The van der Waals surface area contributed by atoms with Gasteiger partial charge in [0.2, 0.25) is 5.91 Å². The van der Waals surface area contributed by atoms with E-state index in [2.05, 4.69) is 15.6 Å². The third-order valence-corrected chi connectivity index (χ3v) is 7.33. The number of halogens is 2. The molecule has 2 aromatic heterocycles. The van der Waals surface area contributed by atoms with Crippen molar-refractivity contribution < 1.29 is 13.9 Å². The van der Waals surface area contributed by atoms with Crippen LogP contribution in [0.2, 0.25) is 10.0 Å². The van der Waals surface area contributed by atoms with E-state index in [0.29, 0.717) is 44.5 Å². The summed E-state index contributed by atoms with van der Waals surface area (Å²) < 4.78 is 12.0. The number of rotatable bonds is 7. The first-order chi connectivity index (χ1) is 18.4. The van der Waals surface area contributed by atoms with Crippen molar-refractivity contribution in [3.05, 3.63) is 94.4 Å². The van der Waals surface area contributed by atoms with Crippen molar-refractivity contribution in [2.45, 2.75) is 25.4 Å². The average molecular weight is 567 g/mol. The van der Waals surface area contributed by atoms with Crippen LogP contribution >= 0.6 is 35.4 Å². The van der Waals surface area contributed by atoms with E-state index in [1.807, 2.05) is 53.4 Å². The van der Waals surface area contributed by atoms with Crippen LogP contribution in [0, 0.1) is 0 Å². The number of nitrogens with zero attached hydrogens (tertiary/aromatic N) is 2. The van der Waals surface area contributed by atoms with E-state index in [1.165, 1.54) is 0 Å². The fourth-order valence-electron chi connectivity index (χ4n) is 4.41. The van der Waals surface area contributed by atoms with Crippen molar-refractivity contribution in [3.8, 4) is 17.1 Å². The highest BCUT2D eigenvalue weighted by Gasteiger charge is 2.42. The number of furan rings is 1. The molecule has 1 amide bonds. The van der Waals surface area contributed by atoms with Gasteiger partial charge in [0.15, 0.2) is 5.11 Å². The maximum absolute atomic E-state index is 12.0. The number of carbonyl (C=O) groups is 1. The number of amides is 1. The van der Waals surface area contributed by atoms with E-state index < -0.39 is 0 Å². The minimum atomic E-state index is -0.366. The number of hydrogen-bond donors (Lipinski definition) is 2. The van der Waals surface area contributed by atoms with Gasteiger partial charge >= 0.3 is 0 Å². The Morgan fingerprint density at radius 1 is 1.13 bits per heavy atom. The van der Waals surface area contributed by atoms with Crippen molar-refractivity contribution in [3.63, 3.8) is 0 Å². The van der Waals surface area contributed by atoms with Gasteiger partial charge in [0.25, 0.3) is 0 Å². The van der Waals surface area contributed by atoms with Crippen molar-refractivity contribution in [2.75, 3.05) is 17.3 Å². The minimum absolute atomic E-state index is 0.104. The molecule has 5 rings (SSSR count). The summed E-state index contributed by atoms with van der Waals surface area (Å²) in [5, 5.41) is 7.70. The monoisotopic (exact) mass is 566 g/mol. The number of methoxy groups -OCH3 is 1. The summed E-state index contributed by atoms with van der Waals surface area (Å²) in [6.45, 7) is 1.79. The lowest BCUT2D eigenvalue weighted by molar-refractivity contribution is -0.115. The van der Waals surface area contributed by atoms with E-state index in [1.54, 1.807) is 38.4 Å². The largest absolute Gasteiger partial charge is 0.494 e. The zero-order valence-corrected chi connectivity index (χ0v) is 22.9. The molecule has 2 aromatic carbocycles. The van der Waals surface area contributed by atoms with E-state index in [4.69, 9.17) is 44.6 Å². The molecular weight excluding hydrogens is 543 g/mol. The maximum Gasteiger partial charge on any atom is 0.224 e. The average Bonchev–Trinajstić information content (AvgIpc) is 3.55. The standard InChI is InChI=1S/C28H24Cl2N4O3S/c1-3-25(35)32-20-10-8-17(15-24(20)36-2)34-27(26(33-28(34)38)21-6-4-5-13-31-21)23-12-11-22(37-23)16-7-9-18(29)19(30)14-16/h4-15,26-27H,3H2,1-2H3,(H,32,35)(H,33,38). The number of hydrogen-bond acceptors (Lipinski definition) is 5. The lowest BCUT2D eigenvalue weighted by Crippen LogP contribution is -2.29. The molecule has 7 nitrogen and oxygen atoms in total. The third kappa shape index (κ3) is 5.07. The van der Waals surface area contributed by atoms with Crippen LogP contribution < -0.4 is 20.3 Å². The Bertz CT molecular complexity index is 1490. The van der Waals surface area contributed by atoms with Crippen molar-refractivity contribution >= 4 is 57.8 Å². The number of anilines is 2. The zero-order chi connectivity index (χ0) is 26.8. The van der Waals surface area contributed by atoms with Crippen LogP contribution in [-0.4, -0.2) is 23.1 Å². The van der Waals surface area contributed by atoms with Gasteiger partial charge in [-0.3, -0.25) is 9.78 Å². The van der Waals surface area contributed by atoms with Crippen molar-refractivity contribution in [2.24, 2.45) is 0 Å². The second kappa shape index (κ2) is 11.0. The zero-order valence-electron chi connectivity index (χ0n) is 20.6. The molecule has 2 N–H and O–H groups in total. The Morgan fingerprint density at radius 3 is 2.68 bits per heavy atom. The molecule has 0 saturated carbocycles. The first-order valence-electron chi connectivity index (χ1n) is 11.9. The smallest absolute Gasteiger partial charge is 0.224 e. The topological polar surface area (TPSA) is 79.6 Å². The normalized spacial score (nSPS) is 16.8. The molecule has 4 aromatic rings. The van der Waals surface area contributed by atoms with Crippen molar-refractivity contribution in [1.82, 2.24) is 10.3 Å². The summed E-state index contributed by atoms with van der Waals surface area (Å²) in [6, 6.07) is 19.8. The van der Waals surface area contributed by atoms with Gasteiger partial charge < -0.3 is 24.7 Å². The highest BCUT2D eigenvalue weighted by atomic mass is 35.5. The lowest BCUT2D eigenvalue weighted by Gasteiger charge is -2.27. The summed E-state index contributed by atoms with van der Waals surface area (Å²) in [7, 11) is 1.56. The number of ether oxygens (including phenoxy) is 1. The van der Waals surface area contributed by atoms with E-state index in [9.17, 15) is 4.79 Å². The Balaban J connectivity index is 1.58. The quantitative estimate of drug-likeness (QED) is 0.229. The Labute approximate surface area is 235 Å². The van der Waals surface area contributed by atoms with Gasteiger partial charge in [-0.2, -0.15) is 0 Å². The number of benzene rings is 2. The molecule has 2 unspecified atom stereocenters. The molecule has 1 aliphatic heterocycles. The van der Waals surface area contributed by atoms with Crippen LogP contribution in [0.5, 0.6) is 5.75 Å². The highest BCUT2D eigenvalue weighted by Crippen LogP contribution is 2.44. The summed E-state index contributed by atoms with van der Waals surface area (Å²) in [5.74, 6) is 1.73. The van der Waals surface area contributed by atoms with Gasteiger partial charge in [-0.15, -0.1) is 0 Å². The van der Waals surface area contributed by atoms with Gasteiger partial charge in [0, 0.05) is 29.9 Å². The summed E-state index contributed by atoms with van der Waals surface area (Å²) >= 11 is 18.2. The molecule has 0 spiro atoms. The van der Waals surface area contributed by atoms with Gasteiger partial charge in [-0.05, 0) is 66.8 Å². The number of pyridine rings is 1. The van der Waals surface area contributed by atoms with Crippen molar-refractivity contribution in [1.29, 1.82) is 0 Å². The molecule has 1 saturated heterocycles. The fourth-order valence-corrected chi connectivity index (χ4v) is 5.05. The predicted molar refractivity (Wildman–Crippen MR) is 154 cm³/mol. The molecule has 38 heavy (non-hydrogen) atoms. The number of carbonyl (C=O) groups excluding carboxylic acids is 1. The van der Waals surface area contributed by atoms with Crippen LogP contribution in [0.25, 0.3) is 11.3 Å². The lowest BCUT2D eigenvalue weighted by atomic mass is 10.0. The maximum atomic E-state index is 12.0. The Morgan fingerprint density at radius 2 is 1.97 bits per heavy atom. The second-order valence-electron chi connectivity index (χ2n) is 8.61. The number of aromatic nitrogens is 1. The molecule has 1 fully saturated rings. The molecule has 0 bridgehead atoms. The van der Waals surface area contributed by atoms with Crippen LogP contribution in [0.4, 0.5) is 11.4 Å². The van der Waals surface area contributed by atoms with Crippen LogP contribution in [-0.2, 0) is 4.79 Å².